The maximum Gasteiger partial charge on any atom is 0.228 e. The summed E-state index contributed by atoms with van der Waals surface area (Å²) in [6.45, 7) is 2.23. The van der Waals surface area contributed by atoms with E-state index in [4.69, 9.17) is 9.47 Å². The minimum atomic E-state index is -0.368. The summed E-state index contributed by atoms with van der Waals surface area (Å²) >= 11 is 0. The molecule has 0 bridgehead atoms. The lowest BCUT2D eigenvalue weighted by atomic mass is 9.96. The third-order valence-corrected chi connectivity index (χ3v) is 6.08. The fourth-order valence-corrected chi connectivity index (χ4v) is 4.32. The van der Waals surface area contributed by atoms with Crippen LogP contribution in [-0.2, 0) is 11.3 Å². The molecule has 1 atom stereocenters. The summed E-state index contributed by atoms with van der Waals surface area (Å²) in [6, 6.07) is 20.6. The lowest BCUT2D eigenvalue weighted by Crippen LogP contribution is -2.40. The molecular weight excluding hydrogens is 419 g/mol. The van der Waals surface area contributed by atoms with E-state index in [1.807, 2.05) is 48.5 Å². The SMILES string of the molecule is COc1ccc(-c2ccccc2NC(=O)C2CCCN(Cc3ccc(F)c(OC)c3)C2)cc1. The van der Waals surface area contributed by atoms with E-state index >= 15 is 0 Å². The molecule has 0 aromatic heterocycles. The van der Waals surface area contributed by atoms with Crippen LogP contribution >= 0.6 is 0 Å². The molecule has 1 aliphatic heterocycles. The van der Waals surface area contributed by atoms with Crippen LogP contribution in [0.25, 0.3) is 11.1 Å². The van der Waals surface area contributed by atoms with Crippen molar-refractivity contribution in [2.24, 2.45) is 5.92 Å². The third-order valence-electron chi connectivity index (χ3n) is 6.08. The first-order chi connectivity index (χ1) is 16.1. The minimum Gasteiger partial charge on any atom is -0.497 e. The van der Waals surface area contributed by atoms with E-state index in [1.54, 1.807) is 19.2 Å². The van der Waals surface area contributed by atoms with Crippen molar-refractivity contribution in [3.63, 3.8) is 0 Å². The zero-order chi connectivity index (χ0) is 23.2. The van der Waals surface area contributed by atoms with Gasteiger partial charge in [-0.2, -0.15) is 0 Å². The summed E-state index contributed by atoms with van der Waals surface area (Å²) in [5.74, 6) is 0.588. The number of amides is 1. The topological polar surface area (TPSA) is 50.8 Å². The van der Waals surface area contributed by atoms with Crippen molar-refractivity contribution < 1.29 is 18.7 Å². The molecule has 1 amide bonds. The first-order valence-electron chi connectivity index (χ1n) is 11.2. The average molecular weight is 449 g/mol. The largest absolute Gasteiger partial charge is 0.497 e. The van der Waals surface area contributed by atoms with Crippen molar-refractivity contribution in [1.29, 1.82) is 0 Å². The van der Waals surface area contributed by atoms with Gasteiger partial charge in [0.25, 0.3) is 0 Å². The number of benzene rings is 3. The Kier molecular flexibility index (Phi) is 7.25. The number of rotatable bonds is 7. The average Bonchev–Trinajstić information content (AvgIpc) is 2.86. The molecule has 1 unspecified atom stereocenters. The fourth-order valence-electron chi connectivity index (χ4n) is 4.32. The van der Waals surface area contributed by atoms with Gasteiger partial charge in [-0.3, -0.25) is 9.69 Å². The normalized spacial score (nSPS) is 16.3. The van der Waals surface area contributed by atoms with Crippen LogP contribution in [0.3, 0.4) is 0 Å². The van der Waals surface area contributed by atoms with Gasteiger partial charge in [0.2, 0.25) is 5.91 Å². The second-order valence-corrected chi connectivity index (χ2v) is 8.31. The molecule has 3 aromatic rings. The van der Waals surface area contributed by atoms with E-state index in [1.165, 1.54) is 13.2 Å². The van der Waals surface area contributed by atoms with Crippen LogP contribution in [0.4, 0.5) is 10.1 Å². The van der Waals surface area contributed by atoms with Crippen LogP contribution in [0.1, 0.15) is 18.4 Å². The van der Waals surface area contributed by atoms with Crippen molar-refractivity contribution >= 4 is 11.6 Å². The summed E-state index contributed by atoms with van der Waals surface area (Å²) in [4.78, 5) is 15.4. The zero-order valence-electron chi connectivity index (χ0n) is 19.0. The van der Waals surface area contributed by atoms with Crippen LogP contribution in [0.2, 0.25) is 0 Å². The van der Waals surface area contributed by atoms with Crippen molar-refractivity contribution in [2.75, 3.05) is 32.6 Å². The van der Waals surface area contributed by atoms with Gasteiger partial charge in [0.1, 0.15) is 5.75 Å². The van der Waals surface area contributed by atoms with E-state index < -0.39 is 0 Å². The Labute approximate surface area is 194 Å². The number of nitrogens with one attached hydrogen (secondary N) is 1. The Morgan fingerprint density at radius 3 is 2.61 bits per heavy atom. The number of ether oxygens (including phenoxy) is 2. The molecule has 1 saturated heterocycles. The van der Waals surface area contributed by atoms with Crippen LogP contribution in [0, 0.1) is 11.7 Å². The van der Waals surface area contributed by atoms with Gasteiger partial charge in [-0.1, -0.05) is 36.4 Å². The predicted octanol–water partition coefficient (Wildman–Crippen LogP) is 5.36. The number of nitrogens with zero attached hydrogens (tertiary/aromatic N) is 1. The van der Waals surface area contributed by atoms with E-state index in [-0.39, 0.29) is 23.4 Å². The third kappa shape index (κ3) is 5.52. The highest BCUT2D eigenvalue weighted by Gasteiger charge is 2.26. The van der Waals surface area contributed by atoms with Gasteiger partial charge >= 0.3 is 0 Å². The summed E-state index contributed by atoms with van der Waals surface area (Å²) in [7, 11) is 3.11. The molecule has 1 N–H and O–H groups in total. The van der Waals surface area contributed by atoms with Crippen LogP contribution in [0.5, 0.6) is 11.5 Å². The Morgan fingerprint density at radius 2 is 1.85 bits per heavy atom. The first-order valence-corrected chi connectivity index (χ1v) is 11.2. The van der Waals surface area contributed by atoms with Gasteiger partial charge in [0.05, 0.1) is 20.1 Å². The number of para-hydroxylation sites is 1. The summed E-state index contributed by atoms with van der Waals surface area (Å²) in [5.41, 5.74) is 3.76. The number of carbonyl (C=O) groups excluding carboxylic acids is 1. The number of piperidine rings is 1. The van der Waals surface area contributed by atoms with Gasteiger partial charge in [-0.15, -0.1) is 0 Å². The van der Waals surface area contributed by atoms with Crippen molar-refractivity contribution in [1.82, 2.24) is 4.90 Å². The molecule has 0 radical (unpaired) electrons. The number of hydrogen-bond donors (Lipinski definition) is 1. The van der Waals surface area contributed by atoms with E-state index in [2.05, 4.69) is 10.2 Å². The number of halogens is 1. The molecule has 1 fully saturated rings. The van der Waals surface area contributed by atoms with Crippen LogP contribution < -0.4 is 14.8 Å². The second-order valence-electron chi connectivity index (χ2n) is 8.31. The molecule has 1 aliphatic rings. The summed E-state index contributed by atoms with van der Waals surface area (Å²) in [6.07, 6.45) is 1.79. The van der Waals surface area contributed by atoms with E-state index in [0.29, 0.717) is 13.1 Å². The Morgan fingerprint density at radius 1 is 1.06 bits per heavy atom. The summed E-state index contributed by atoms with van der Waals surface area (Å²) < 4.78 is 24.1. The van der Waals surface area contributed by atoms with Gasteiger partial charge in [0, 0.05) is 24.3 Å². The predicted molar refractivity (Wildman–Crippen MR) is 128 cm³/mol. The van der Waals surface area contributed by atoms with Gasteiger partial charge < -0.3 is 14.8 Å². The number of carbonyl (C=O) groups is 1. The minimum absolute atomic E-state index is 0.0253. The number of anilines is 1. The second kappa shape index (κ2) is 10.5. The maximum absolute atomic E-state index is 13.7. The molecule has 33 heavy (non-hydrogen) atoms. The molecule has 0 saturated carbocycles. The molecule has 3 aromatic carbocycles. The number of methoxy groups -OCH3 is 2. The standard InChI is InChI=1S/C27H29FN2O3/c1-32-22-12-10-20(11-13-22)23-7-3-4-8-25(23)29-27(31)21-6-5-15-30(18-21)17-19-9-14-24(28)26(16-19)33-2/h3-4,7-14,16,21H,5-6,15,17-18H2,1-2H3,(H,29,31). The molecule has 4 rings (SSSR count). The van der Waals surface area contributed by atoms with Gasteiger partial charge in [-0.05, 0) is 60.8 Å². The highest BCUT2D eigenvalue weighted by molar-refractivity contribution is 5.97. The first kappa shape index (κ1) is 22.8. The highest BCUT2D eigenvalue weighted by Crippen LogP contribution is 2.30. The zero-order valence-corrected chi connectivity index (χ0v) is 19.0. The molecule has 0 aliphatic carbocycles. The smallest absolute Gasteiger partial charge is 0.228 e. The Hall–Kier alpha value is -3.38. The van der Waals surface area contributed by atoms with Crippen LogP contribution in [0.15, 0.2) is 66.7 Å². The van der Waals surface area contributed by atoms with Crippen LogP contribution in [-0.4, -0.2) is 38.1 Å². The number of likely N-dealkylation sites (tertiary alicyclic amines) is 1. The van der Waals surface area contributed by atoms with Crippen molar-refractivity contribution in [3.05, 3.63) is 78.1 Å². The fraction of sp³-hybridized carbons (Fsp3) is 0.296. The number of hydrogen-bond acceptors (Lipinski definition) is 4. The monoisotopic (exact) mass is 448 g/mol. The van der Waals surface area contributed by atoms with Crippen molar-refractivity contribution in [3.8, 4) is 22.6 Å². The van der Waals surface area contributed by atoms with Crippen molar-refractivity contribution in [2.45, 2.75) is 19.4 Å². The molecule has 5 nitrogen and oxygen atoms in total. The van der Waals surface area contributed by atoms with E-state index in [9.17, 15) is 9.18 Å². The Bertz CT molecular complexity index is 1100. The highest BCUT2D eigenvalue weighted by atomic mass is 19.1. The molecule has 0 spiro atoms. The molecule has 172 valence electrons. The lowest BCUT2D eigenvalue weighted by Gasteiger charge is -2.32. The van der Waals surface area contributed by atoms with Gasteiger partial charge in [-0.25, -0.2) is 4.39 Å². The molecule has 1 heterocycles. The quantitative estimate of drug-likeness (QED) is 0.529. The summed E-state index contributed by atoms with van der Waals surface area (Å²) in [5, 5.41) is 3.15. The lowest BCUT2D eigenvalue weighted by molar-refractivity contribution is -0.121. The Balaban J connectivity index is 1.43. The van der Waals surface area contributed by atoms with Gasteiger partial charge in [0.15, 0.2) is 11.6 Å². The molecule has 6 heteroatoms. The maximum atomic E-state index is 13.7. The molecular formula is C27H29FN2O3. The van der Waals surface area contributed by atoms with E-state index in [0.717, 1.165) is 47.5 Å².